The van der Waals surface area contributed by atoms with E-state index in [0.717, 1.165) is 42.3 Å². The summed E-state index contributed by atoms with van der Waals surface area (Å²) >= 11 is 6.46. The van der Waals surface area contributed by atoms with Crippen LogP contribution in [0.4, 0.5) is 0 Å². The molecule has 0 aliphatic carbocycles. The molecule has 2 aromatic rings. The van der Waals surface area contributed by atoms with Crippen LogP contribution in [-0.2, 0) is 6.54 Å². The molecule has 0 saturated carbocycles. The van der Waals surface area contributed by atoms with Crippen LogP contribution in [0.2, 0.25) is 5.02 Å². The van der Waals surface area contributed by atoms with E-state index in [1.54, 1.807) is 0 Å². The minimum absolute atomic E-state index is 0.00603. The maximum atomic E-state index is 12.3. The van der Waals surface area contributed by atoms with Crippen molar-refractivity contribution in [2.24, 2.45) is 5.92 Å². The van der Waals surface area contributed by atoms with Crippen molar-refractivity contribution in [3.8, 4) is 0 Å². The van der Waals surface area contributed by atoms with E-state index < -0.39 is 0 Å². The topological polar surface area (TPSA) is 32.3 Å². The summed E-state index contributed by atoms with van der Waals surface area (Å²) in [5.74, 6) is 0.747. The predicted octanol–water partition coefficient (Wildman–Crippen LogP) is 3.30. The first-order valence-electron chi connectivity index (χ1n) is 8.05. The number of carbonyl (C=O) groups excluding carboxylic acids is 1. The number of amides is 1. The Bertz CT molecular complexity index is 731. The van der Waals surface area contributed by atoms with Gasteiger partial charge in [-0.1, -0.05) is 48.0 Å². The lowest BCUT2D eigenvalue weighted by atomic mass is 9.87. The second kappa shape index (κ2) is 5.99. The minimum Gasteiger partial charge on any atom is -0.352 e. The maximum Gasteiger partial charge on any atom is 0.251 e. The Hall–Kier alpha value is -1.84. The number of halogens is 1. The van der Waals surface area contributed by atoms with Crippen molar-refractivity contribution >= 4 is 17.5 Å². The van der Waals surface area contributed by atoms with Crippen LogP contribution in [-0.4, -0.2) is 30.4 Å². The summed E-state index contributed by atoms with van der Waals surface area (Å²) in [6.45, 7) is 3.61. The van der Waals surface area contributed by atoms with Crippen molar-refractivity contribution in [1.82, 2.24) is 10.2 Å². The van der Waals surface area contributed by atoms with Crippen LogP contribution in [0.1, 0.15) is 27.4 Å². The zero-order valence-electron chi connectivity index (χ0n) is 12.8. The third-order valence-electron chi connectivity index (χ3n) is 4.96. The van der Waals surface area contributed by atoms with Gasteiger partial charge < -0.3 is 5.32 Å². The fourth-order valence-electron chi connectivity index (χ4n) is 3.90. The summed E-state index contributed by atoms with van der Waals surface area (Å²) in [5, 5.41) is 3.78. The quantitative estimate of drug-likeness (QED) is 0.918. The van der Waals surface area contributed by atoms with Gasteiger partial charge in [-0.15, -0.1) is 0 Å². The average Bonchev–Trinajstić information content (AvgIpc) is 2.90. The Kier molecular flexibility index (Phi) is 3.83. The summed E-state index contributed by atoms with van der Waals surface area (Å²) in [6, 6.07) is 16.2. The van der Waals surface area contributed by atoms with Gasteiger partial charge in [-0.05, 0) is 29.2 Å². The normalized spacial score (nSPS) is 23.8. The van der Waals surface area contributed by atoms with E-state index in [1.165, 1.54) is 5.56 Å². The third-order valence-corrected chi connectivity index (χ3v) is 5.29. The molecule has 3 nitrogen and oxygen atoms in total. The van der Waals surface area contributed by atoms with Crippen LogP contribution >= 0.6 is 11.6 Å². The van der Waals surface area contributed by atoms with Gasteiger partial charge in [0.25, 0.3) is 5.91 Å². The molecule has 2 unspecified atom stereocenters. The van der Waals surface area contributed by atoms with E-state index in [1.807, 2.05) is 24.3 Å². The lowest BCUT2D eigenvalue weighted by Gasteiger charge is -2.18. The summed E-state index contributed by atoms with van der Waals surface area (Å²) in [6.07, 6.45) is 0. The number of carbonyl (C=O) groups is 1. The van der Waals surface area contributed by atoms with Gasteiger partial charge in [0.1, 0.15) is 0 Å². The van der Waals surface area contributed by atoms with E-state index in [-0.39, 0.29) is 5.91 Å². The van der Waals surface area contributed by atoms with Crippen molar-refractivity contribution in [2.75, 3.05) is 19.6 Å². The number of hydrogen-bond donors (Lipinski definition) is 1. The zero-order valence-corrected chi connectivity index (χ0v) is 13.6. The lowest BCUT2D eigenvalue weighted by Crippen LogP contribution is -2.29. The molecule has 2 aromatic carbocycles. The number of hydrogen-bond acceptors (Lipinski definition) is 2. The number of likely N-dealkylation sites (tertiary alicyclic amines) is 1. The molecule has 1 N–H and O–H groups in total. The molecule has 0 aromatic heterocycles. The van der Waals surface area contributed by atoms with Gasteiger partial charge in [0, 0.05) is 42.7 Å². The van der Waals surface area contributed by atoms with Crippen molar-refractivity contribution in [1.29, 1.82) is 0 Å². The standard InChI is InChI=1S/C19H19ClN2O/c20-17-8-4-7-15-18(17)16-12-22(10-13-5-2-1-3-6-13)11-14(16)9-21-19(15)23/h1-8,14,16H,9-12H2,(H,21,23). The highest BCUT2D eigenvalue weighted by molar-refractivity contribution is 6.32. The van der Waals surface area contributed by atoms with Crippen molar-refractivity contribution < 1.29 is 4.79 Å². The number of rotatable bonds is 2. The largest absolute Gasteiger partial charge is 0.352 e. The molecule has 23 heavy (non-hydrogen) atoms. The van der Waals surface area contributed by atoms with E-state index >= 15 is 0 Å². The summed E-state index contributed by atoms with van der Waals surface area (Å²) < 4.78 is 0. The smallest absolute Gasteiger partial charge is 0.251 e. The first-order valence-corrected chi connectivity index (χ1v) is 8.43. The summed E-state index contributed by atoms with van der Waals surface area (Å²) in [7, 11) is 0. The van der Waals surface area contributed by atoms with Crippen LogP contribution < -0.4 is 5.32 Å². The molecule has 0 radical (unpaired) electrons. The first kappa shape index (κ1) is 14.7. The second-order valence-corrected chi connectivity index (χ2v) is 6.86. The van der Waals surface area contributed by atoms with Gasteiger partial charge in [0.2, 0.25) is 0 Å². The number of nitrogens with zero attached hydrogens (tertiary/aromatic N) is 1. The molecule has 0 spiro atoms. The molecule has 2 aliphatic heterocycles. The Labute approximate surface area is 141 Å². The van der Waals surface area contributed by atoms with Crippen LogP contribution in [0.15, 0.2) is 48.5 Å². The molecule has 0 bridgehead atoms. The molecule has 4 rings (SSSR count). The van der Waals surface area contributed by atoms with E-state index in [2.05, 4.69) is 34.5 Å². The third kappa shape index (κ3) is 2.75. The second-order valence-electron chi connectivity index (χ2n) is 6.46. The molecule has 1 saturated heterocycles. The molecule has 1 amide bonds. The van der Waals surface area contributed by atoms with E-state index in [0.29, 0.717) is 11.8 Å². The van der Waals surface area contributed by atoms with E-state index in [9.17, 15) is 4.79 Å². The van der Waals surface area contributed by atoms with Crippen LogP contribution in [0, 0.1) is 5.92 Å². The fourth-order valence-corrected chi connectivity index (χ4v) is 4.21. The zero-order chi connectivity index (χ0) is 15.8. The van der Waals surface area contributed by atoms with Crippen molar-refractivity contribution in [3.63, 3.8) is 0 Å². The molecule has 2 aliphatic rings. The molecule has 4 heteroatoms. The Balaban J connectivity index is 1.63. The average molecular weight is 327 g/mol. The maximum absolute atomic E-state index is 12.3. The highest BCUT2D eigenvalue weighted by Crippen LogP contribution is 2.40. The molecule has 2 heterocycles. The number of nitrogens with one attached hydrogen (secondary N) is 1. The van der Waals surface area contributed by atoms with Crippen LogP contribution in [0.25, 0.3) is 0 Å². The molecular formula is C19H19ClN2O. The summed E-state index contributed by atoms with van der Waals surface area (Å²) in [5.41, 5.74) is 3.10. The highest BCUT2D eigenvalue weighted by atomic mass is 35.5. The number of fused-ring (bicyclic) bond motifs is 3. The van der Waals surface area contributed by atoms with Gasteiger partial charge in [-0.25, -0.2) is 0 Å². The van der Waals surface area contributed by atoms with Gasteiger partial charge >= 0.3 is 0 Å². The SMILES string of the molecule is O=C1NCC2CN(Cc3ccccc3)CC2c2c(Cl)cccc21. The van der Waals surface area contributed by atoms with Crippen LogP contribution in [0.3, 0.4) is 0 Å². The minimum atomic E-state index is 0.00603. The Morgan fingerprint density at radius 2 is 1.91 bits per heavy atom. The van der Waals surface area contributed by atoms with Gasteiger partial charge in [-0.2, -0.15) is 0 Å². The van der Waals surface area contributed by atoms with E-state index in [4.69, 9.17) is 11.6 Å². The first-order chi connectivity index (χ1) is 11.2. The molecule has 2 atom stereocenters. The monoisotopic (exact) mass is 326 g/mol. The lowest BCUT2D eigenvalue weighted by molar-refractivity contribution is 0.0951. The molecular weight excluding hydrogens is 308 g/mol. The summed E-state index contributed by atoms with van der Waals surface area (Å²) in [4.78, 5) is 14.7. The fraction of sp³-hybridized carbons (Fsp3) is 0.316. The van der Waals surface area contributed by atoms with Gasteiger partial charge in [-0.3, -0.25) is 9.69 Å². The molecule has 1 fully saturated rings. The molecule has 118 valence electrons. The predicted molar refractivity (Wildman–Crippen MR) is 91.7 cm³/mol. The van der Waals surface area contributed by atoms with Crippen molar-refractivity contribution in [3.05, 3.63) is 70.2 Å². The van der Waals surface area contributed by atoms with Crippen LogP contribution in [0.5, 0.6) is 0 Å². The number of benzene rings is 2. The Morgan fingerprint density at radius 3 is 2.74 bits per heavy atom. The van der Waals surface area contributed by atoms with Gasteiger partial charge in [0.15, 0.2) is 0 Å². The van der Waals surface area contributed by atoms with Crippen molar-refractivity contribution in [2.45, 2.75) is 12.5 Å². The van der Waals surface area contributed by atoms with Gasteiger partial charge in [0.05, 0.1) is 0 Å². The highest BCUT2D eigenvalue weighted by Gasteiger charge is 2.39. The Morgan fingerprint density at radius 1 is 1.09 bits per heavy atom.